The van der Waals surface area contributed by atoms with Gasteiger partial charge in [-0.25, -0.2) is 0 Å². The fourth-order valence-electron chi connectivity index (χ4n) is 2.70. The molecule has 0 saturated carbocycles. The predicted molar refractivity (Wildman–Crippen MR) is 88.6 cm³/mol. The lowest BCUT2D eigenvalue weighted by Gasteiger charge is -2.04. The molecule has 4 aromatic rings. The number of nitrogens with zero attached hydrogens (tertiary/aromatic N) is 1. The highest BCUT2D eigenvalue weighted by atomic mass is 32.1. The first-order valence-electron chi connectivity index (χ1n) is 6.59. The van der Waals surface area contributed by atoms with Gasteiger partial charge in [0.1, 0.15) is 11.7 Å². The van der Waals surface area contributed by atoms with E-state index in [0.717, 1.165) is 0 Å². The number of rotatable bonds is 1. The molecule has 0 bridgehead atoms. The molecule has 0 radical (unpaired) electrons. The van der Waals surface area contributed by atoms with E-state index in [1.165, 1.54) is 36.3 Å². The van der Waals surface area contributed by atoms with Crippen molar-refractivity contribution in [3.8, 4) is 11.3 Å². The largest absolute Gasteiger partial charge is 0.213 e. The molecule has 98 valence electrons. The van der Waals surface area contributed by atoms with Crippen molar-refractivity contribution in [3.63, 3.8) is 0 Å². The molecule has 0 spiro atoms. The maximum Gasteiger partial charge on any atom is 0.213 e. The maximum absolute atomic E-state index is 2.34. The minimum absolute atomic E-state index is 1.28. The Kier molecular flexibility index (Phi) is 2.65. The molecule has 4 rings (SSSR count). The van der Waals surface area contributed by atoms with Crippen LogP contribution in [0.3, 0.4) is 0 Å². The molecular formula is C17H14NS2+. The monoisotopic (exact) mass is 296 g/mol. The van der Waals surface area contributed by atoms with E-state index in [2.05, 4.69) is 66.5 Å². The number of pyridine rings is 1. The van der Waals surface area contributed by atoms with Gasteiger partial charge in [0.05, 0.1) is 4.70 Å². The number of aryl methyl sites for hydroxylation is 2. The third-order valence-corrected chi connectivity index (χ3v) is 5.93. The fraction of sp³-hybridized carbons (Fsp3) is 0.118. The highest BCUT2D eigenvalue weighted by Gasteiger charge is 2.17. The molecule has 1 nitrogen and oxygen atoms in total. The first-order valence-corrected chi connectivity index (χ1v) is 8.29. The molecule has 3 heterocycles. The van der Waals surface area contributed by atoms with Crippen LogP contribution in [0.1, 0.15) is 5.56 Å². The van der Waals surface area contributed by atoms with Crippen LogP contribution in [0.4, 0.5) is 0 Å². The lowest BCUT2D eigenvalue weighted by atomic mass is 10.0. The topological polar surface area (TPSA) is 3.88 Å². The summed E-state index contributed by atoms with van der Waals surface area (Å²) in [6, 6.07) is 13.1. The van der Waals surface area contributed by atoms with Gasteiger partial charge in [-0.1, -0.05) is 18.2 Å². The van der Waals surface area contributed by atoms with Crippen LogP contribution in [-0.2, 0) is 7.05 Å². The molecular weight excluding hydrogens is 282 g/mol. The molecule has 3 heteroatoms. The normalized spacial score (nSPS) is 11.5. The minimum Gasteiger partial charge on any atom is -0.200 e. The van der Waals surface area contributed by atoms with Gasteiger partial charge in [-0.2, -0.15) is 4.57 Å². The van der Waals surface area contributed by atoms with Gasteiger partial charge < -0.3 is 0 Å². The van der Waals surface area contributed by atoms with Gasteiger partial charge in [-0.05, 0) is 30.0 Å². The number of fused-ring (bicyclic) bond motifs is 3. The molecule has 20 heavy (non-hydrogen) atoms. The van der Waals surface area contributed by atoms with E-state index in [4.69, 9.17) is 0 Å². The average Bonchev–Trinajstić information content (AvgIpc) is 2.99. The fourth-order valence-corrected chi connectivity index (χ4v) is 5.00. The van der Waals surface area contributed by atoms with E-state index in [9.17, 15) is 0 Å². The Hall–Kier alpha value is -1.71. The molecule has 1 aromatic carbocycles. The van der Waals surface area contributed by atoms with Gasteiger partial charge >= 0.3 is 0 Å². The molecule has 3 aromatic heterocycles. The first kappa shape index (κ1) is 12.1. The van der Waals surface area contributed by atoms with Crippen LogP contribution in [0.15, 0.2) is 48.0 Å². The Morgan fingerprint density at radius 2 is 1.90 bits per heavy atom. The van der Waals surface area contributed by atoms with Crippen molar-refractivity contribution in [2.45, 2.75) is 6.92 Å². The number of aromatic nitrogens is 1. The average molecular weight is 296 g/mol. The van der Waals surface area contributed by atoms with Crippen molar-refractivity contribution >= 4 is 42.2 Å². The lowest BCUT2D eigenvalue weighted by molar-refractivity contribution is -0.658. The van der Waals surface area contributed by atoms with Crippen LogP contribution in [0.2, 0.25) is 0 Å². The van der Waals surface area contributed by atoms with Crippen LogP contribution in [-0.4, -0.2) is 0 Å². The van der Waals surface area contributed by atoms with E-state index in [0.29, 0.717) is 0 Å². The summed E-state index contributed by atoms with van der Waals surface area (Å²) in [5.74, 6) is 0. The van der Waals surface area contributed by atoms with E-state index < -0.39 is 0 Å². The molecule has 0 unspecified atom stereocenters. The Morgan fingerprint density at radius 3 is 2.75 bits per heavy atom. The zero-order chi connectivity index (χ0) is 13.7. The summed E-state index contributed by atoms with van der Waals surface area (Å²) < 4.78 is 6.42. The second-order valence-corrected chi connectivity index (χ2v) is 7.08. The second-order valence-electron chi connectivity index (χ2n) is 5.08. The molecule has 0 aliphatic heterocycles. The highest BCUT2D eigenvalue weighted by molar-refractivity contribution is 7.32. The highest BCUT2D eigenvalue weighted by Crippen LogP contribution is 2.38. The third kappa shape index (κ3) is 1.70. The predicted octanol–water partition coefficient (Wildman–Crippen LogP) is 4.92. The van der Waals surface area contributed by atoms with Crippen molar-refractivity contribution in [2.75, 3.05) is 0 Å². The van der Waals surface area contributed by atoms with Gasteiger partial charge in [0.2, 0.25) is 5.69 Å². The van der Waals surface area contributed by atoms with Crippen LogP contribution in [0.5, 0.6) is 0 Å². The standard InChI is InChI=1S/C17H14NS2/c1-11-5-3-4-6-12(11)14-9-13-16(10-18(14)2)20-15-7-8-19-17(13)15/h3-10H,1-2H3/q+1. The van der Waals surface area contributed by atoms with E-state index in [-0.39, 0.29) is 0 Å². The summed E-state index contributed by atoms with van der Waals surface area (Å²) in [6.07, 6.45) is 2.26. The quantitative estimate of drug-likeness (QED) is 0.439. The summed E-state index contributed by atoms with van der Waals surface area (Å²) in [7, 11) is 2.13. The molecule has 0 N–H and O–H groups in total. The molecule has 0 fully saturated rings. The summed E-state index contributed by atoms with van der Waals surface area (Å²) >= 11 is 3.72. The summed E-state index contributed by atoms with van der Waals surface area (Å²) in [5.41, 5.74) is 3.91. The van der Waals surface area contributed by atoms with Crippen molar-refractivity contribution in [1.82, 2.24) is 0 Å². The Morgan fingerprint density at radius 1 is 1.05 bits per heavy atom. The minimum atomic E-state index is 1.28. The molecule has 0 saturated heterocycles. The zero-order valence-electron chi connectivity index (χ0n) is 11.4. The Labute approximate surface area is 125 Å². The number of hydrogen-bond donors (Lipinski definition) is 0. The van der Waals surface area contributed by atoms with Crippen LogP contribution < -0.4 is 4.57 Å². The van der Waals surface area contributed by atoms with E-state index >= 15 is 0 Å². The molecule has 0 aliphatic carbocycles. The zero-order valence-corrected chi connectivity index (χ0v) is 13.0. The van der Waals surface area contributed by atoms with Crippen molar-refractivity contribution in [2.24, 2.45) is 7.05 Å². The molecule has 0 atom stereocenters. The molecule has 0 amide bonds. The van der Waals surface area contributed by atoms with Gasteiger partial charge in [0, 0.05) is 21.7 Å². The van der Waals surface area contributed by atoms with Crippen molar-refractivity contribution in [1.29, 1.82) is 0 Å². The van der Waals surface area contributed by atoms with Gasteiger partial charge in [0.15, 0.2) is 6.20 Å². The molecule has 0 aliphatic rings. The summed E-state index contributed by atoms with van der Waals surface area (Å²) in [5, 5.41) is 3.57. The maximum atomic E-state index is 2.34. The first-order chi connectivity index (χ1) is 9.74. The lowest BCUT2D eigenvalue weighted by Crippen LogP contribution is -2.30. The van der Waals surface area contributed by atoms with E-state index in [1.54, 1.807) is 0 Å². The van der Waals surface area contributed by atoms with E-state index in [1.807, 2.05) is 22.7 Å². The van der Waals surface area contributed by atoms with Gasteiger partial charge in [-0.3, -0.25) is 0 Å². The van der Waals surface area contributed by atoms with Crippen LogP contribution >= 0.6 is 22.7 Å². The Balaban J connectivity index is 2.08. The summed E-state index contributed by atoms with van der Waals surface area (Å²) in [6.45, 7) is 2.17. The van der Waals surface area contributed by atoms with Crippen molar-refractivity contribution in [3.05, 3.63) is 53.5 Å². The third-order valence-electron chi connectivity index (χ3n) is 3.75. The van der Waals surface area contributed by atoms with Gasteiger partial charge in [0.25, 0.3) is 0 Å². The summed E-state index contributed by atoms with van der Waals surface area (Å²) in [4.78, 5) is 0. The van der Waals surface area contributed by atoms with Crippen LogP contribution in [0, 0.1) is 6.92 Å². The number of benzene rings is 1. The van der Waals surface area contributed by atoms with Crippen molar-refractivity contribution < 1.29 is 4.57 Å². The SMILES string of the molecule is Cc1ccccc1-c1cc2c(c[n+]1C)sc1ccsc12. The Bertz CT molecular complexity index is 931. The number of hydrogen-bond acceptors (Lipinski definition) is 2. The smallest absolute Gasteiger partial charge is 0.200 e. The number of thiophene rings is 2. The van der Waals surface area contributed by atoms with Gasteiger partial charge in [-0.15, -0.1) is 22.7 Å². The second kappa shape index (κ2) is 4.40. The van der Waals surface area contributed by atoms with Crippen LogP contribution in [0.25, 0.3) is 30.7 Å².